The van der Waals surface area contributed by atoms with Crippen LogP contribution in [0.2, 0.25) is 5.02 Å². The van der Waals surface area contributed by atoms with Crippen molar-refractivity contribution in [1.82, 2.24) is 4.90 Å². The minimum absolute atomic E-state index is 0.170. The fraction of sp³-hybridized carbons (Fsp3) is 0.294. The van der Waals surface area contributed by atoms with Crippen molar-refractivity contribution in [1.29, 1.82) is 0 Å². The van der Waals surface area contributed by atoms with Crippen LogP contribution in [0.3, 0.4) is 0 Å². The molecule has 0 aromatic heterocycles. The Bertz CT molecular complexity index is 598. The zero-order chi connectivity index (χ0) is 15.4. The van der Waals surface area contributed by atoms with Crippen LogP contribution in [0.5, 0.6) is 0 Å². The summed E-state index contributed by atoms with van der Waals surface area (Å²) in [7, 11) is 1.98. The summed E-state index contributed by atoms with van der Waals surface area (Å²) in [6, 6.07) is 12.9. The molecule has 1 atom stereocenters. The van der Waals surface area contributed by atoms with Crippen molar-refractivity contribution >= 4 is 11.6 Å². The predicted octanol–water partition coefficient (Wildman–Crippen LogP) is 4.13. The molecule has 2 rings (SSSR count). The molecule has 0 aliphatic carbocycles. The van der Waals surface area contributed by atoms with Crippen LogP contribution in [0, 0.1) is 5.82 Å². The lowest BCUT2D eigenvalue weighted by Gasteiger charge is -2.25. The average molecular weight is 307 g/mol. The normalized spacial score (nSPS) is 12.7. The first kappa shape index (κ1) is 16.0. The molecule has 2 N–H and O–H groups in total. The molecule has 0 spiro atoms. The Morgan fingerprint density at radius 3 is 2.48 bits per heavy atom. The van der Waals surface area contributed by atoms with Gasteiger partial charge in [0.2, 0.25) is 0 Å². The first-order chi connectivity index (χ1) is 10.0. The predicted molar refractivity (Wildman–Crippen MR) is 85.6 cm³/mol. The molecule has 4 heteroatoms. The van der Waals surface area contributed by atoms with Crippen LogP contribution < -0.4 is 5.73 Å². The second-order valence-corrected chi connectivity index (χ2v) is 5.71. The van der Waals surface area contributed by atoms with Crippen LogP contribution in [-0.4, -0.2) is 11.9 Å². The van der Waals surface area contributed by atoms with E-state index in [1.165, 1.54) is 6.07 Å². The van der Waals surface area contributed by atoms with E-state index in [9.17, 15) is 4.39 Å². The number of benzene rings is 2. The molecule has 2 aromatic carbocycles. The molecule has 0 amide bonds. The third-order valence-electron chi connectivity index (χ3n) is 3.78. The van der Waals surface area contributed by atoms with Crippen LogP contribution in [-0.2, 0) is 13.1 Å². The second kappa shape index (κ2) is 7.03. The Balaban J connectivity index is 2.13. The lowest BCUT2D eigenvalue weighted by Crippen LogP contribution is -2.22. The number of halogens is 2. The summed E-state index contributed by atoms with van der Waals surface area (Å²) < 4.78 is 13.9. The van der Waals surface area contributed by atoms with E-state index in [1.807, 2.05) is 37.4 Å². The molecule has 1 unspecified atom stereocenters. The van der Waals surface area contributed by atoms with Gasteiger partial charge in [0.05, 0.1) is 0 Å². The summed E-state index contributed by atoms with van der Waals surface area (Å²) in [5.74, 6) is -0.192. The summed E-state index contributed by atoms with van der Waals surface area (Å²) >= 11 is 5.90. The Morgan fingerprint density at radius 2 is 1.86 bits per heavy atom. The molecule has 0 bridgehead atoms. The molecular weight excluding hydrogens is 287 g/mol. The number of hydrogen-bond donors (Lipinski definition) is 1. The van der Waals surface area contributed by atoms with Crippen LogP contribution in [0.1, 0.15) is 29.7 Å². The maximum Gasteiger partial charge on any atom is 0.127 e. The SMILES string of the molecule is CC(c1ccc(Cl)cc1)N(C)Cc1cc(CN)ccc1F. The Morgan fingerprint density at radius 1 is 1.19 bits per heavy atom. The maximum absolute atomic E-state index is 13.9. The first-order valence-corrected chi connectivity index (χ1v) is 7.32. The Kier molecular flexibility index (Phi) is 5.34. The van der Waals surface area contributed by atoms with Gasteiger partial charge in [-0.3, -0.25) is 4.90 Å². The monoisotopic (exact) mass is 306 g/mol. The van der Waals surface area contributed by atoms with Gasteiger partial charge in [-0.1, -0.05) is 35.9 Å². The zero-order valence-corrected chi connectivity index (χ0v) is 13.1. The van der Waals surface area contributed by atoms with E-state index in [4.69, 9.17) is 17.3 Å². The number of nitrogens with zero attached hydrogens (tertiary/aromatic N) is 1. The highest BCUT2D eigenvalue weighted by atomic mass is 35.5. The molecule has 0 fully saturated rings. The van der Waals surface area contributed by atoms with Crippen molar-refractivity contribution < 1.29 is 4.39 Å². The minimum Gasteiger partial charge on any atom is -0.326 e. The fourth-order valence-electron chi connectivity index (χ4n) is 2.28. The van der Waals surface area contributed by atoms with Gasteiger partial charge in [0.1, 0.15) is 5.82 Å². The van der Waals surface area contributed by atoms with Gasteiger partial charge in [0.15, 0.2) is 0 Å². The topological polar surface area (TPSA) is 29.3 Å². The highest BCUT2D eigenvalue weighted by Crippen LogP contribution is 2.23. The quantitative estimate of drug-likeness (QED) is 0.900. The van der Waals surface area contributed by atoms with Crippen molar-refractivity contribution in [3.05, 3.63) is 70.0 Å². The number of nitrogens with two attached hydrogens (primary N) is 1. The smallest absolute Gasteiger partial charge is 0.127 e. The third-order valence-corrected chi connectivity index (χ3v) is 4.03. The van der Waals surface area contributed by atoms with Gasteiger partial charge < -0.3 is 5.73 Å². The maximum atomic E-state index is 13.9. The molecule has 112 valence electrons. The van der Waals surface area contributed by atoms with E-state index in [0.717, 1.165) is 16.1 Å². The van der Waals surface area contributed by atoms with E-state index in [2.05, 4.69) is 11.8 Å². The summed E-state index contributed by atoms with van der Waals surface area (Å²) in [5.41, 5.74) is 8.38. The fourth-order valence-corrected chi connectivity index (χ4v) is 2.40. The summed E-state index contributed by atoms with van der Waals surface area (Å²) in [5, 5.41) is 0.718. The minimum atomic E-state index is -0.192. The largest absolute Gasteiger partial charge is 0.326 e. The molecule has 2 aromatic rings. The lowest BCUT2D eigenvalue weighted by atomic mass is 10.1. The van der Waals surface area contributed by atoms with E-state index in [0.29, 0.717) is 18.7 Å². The van der Waals surface area contributed by atoms with Crippen LogP contribution in [0.15, 0.2) is 42.5 Å². The van der Waals surface area contributed by atoms with Gasteiger partial charge in [-0.25, -0.2) is 4.39 Å². The van der Waals surface area contributed by atoms with Crippen molar-refractivity contribution in [3.8, 4) is 0 Å². The molecule has 0 aliphatic rings. The highest BCUT2D eigenvalue weighted by molar-refractivity contribution is 6.30. The molecule has 0 saturated carbocycles. The highest BCUT2D eigenvalue weighted by Gasteiger charge is 2.14. The Labute approximate surface area is 130 Å². The molecule has 0 heterocycles. The Hall–Kier alpha value is -1.42. The zero-order valence-electron chi connectivity index (χ0n) is 12.3. The number of rotatable bonds is 5. The van der Waals surface area contributed by atoms with Crippen molar-refractivity contribution in [2.45, 2.75) is 26.1 Å². The van der Waals surface area contributed by atoms with Gasteiger partial charge in [0, 0.05) is 29.7 Å². The average Bonchev–Trinajstić information content (AvgIpc) is 2.49. The van der Waals surface area contributed by atoms with Gasteiger partial charge in [-0.05, 0) is 43.3 Å². The molecule has 0 radical (unpaired) electrons. The standard InChI is InChI=1S/C17H20ClFN2/c1-12(14-4-6-16(18)7-5-14)21(2)11-15-9-13(10-20)3-8-17(15)19/h3-9,12H,10-11,20H2,1-2H3. The first-order valence-electron chi connectivity index (χ1n) is 6.94. The second-order valence-electron chi connectivity index (χ2n) is 5.27. The molecule has 0 aliphatic heterocycles. The van der Waals surface area contributed by atoms with Crippen LogP contribution in [0.4, 0.5) is 4.39 Å². The van der Waals surface area contributed by atoms with Crippen molar-refractivity contribution in [2.24, 2.45) is 5.73 Å². The van der Waals surface area contributed by atoms with Gasteiger partial charge in [0.25, 0.3) is 0 Å². The van der Waals surface area contributed by atoms with E-state index in [1.54, 1.807) is 6.07 Å². The van der Waals surface area contributed by atoms with E-state index in [-0.39, 0.29) is 11.9 Å². The lowest BCUT2D eigenvalue weighted by molar-refractivity contribution is 0.249. The van der Waals surface area contributed by atoms with Gasteiger partial charge >= 0.3 is 0 Å². The van der Waals surface area contributed by atoms with Crippen LogP contribution >= 0.6 is 11.6 Å². The van der Waals surface area contributed by atoms with E-state index >= 15 is 0 Å². The van der Waals surface area contributed by atoms with Gasteiger partial charge in [-0.2, -0.15) is 0 Å². The molecule has 2 nitrogen and oxygen atoms in total. The summed E-state index contributed by atoms with van der Waals surface area (Å²) in [6.07, 6.45) is 0. The summed E-state index contributed by atoms with van der Waals surface area (Å²) in [4.78, 5) is 2.10. The number of hydrogen-bond acceptors (Lipinski definition) is 2. The van der Waals surface area contributed by atoms with Crippen molar-refractivity contribution in [2.75, 3.05) is 7.05 Å². The van der Waals surface area contributed by atoms with E-state index < -0.39 is 0 Å². The molecule has 21 heavy (non-hydrogen) atoms. The molecule has 0 saturated heterocycles. The molecular formula is C17H20ClFN2. The van der Waals surface area contributed by atoms with Crippen LogP contribution in [0.25, 0.3) is 0 Å². The van der Waals surface area contributed by atoms with Gasteiger partial charge in [-0.15, -0.1) is 0 Å². The summed E-state index contributed by atoms with van der Waals surface area (Å²) in [6.45, 7) is 3.04. The third kappa shape index (κ3) is 4.03. The van der Waals surface area contributed by atoms with Crippen molar-refractivity contribution in [3.63, 3.8) is 0 Å².